The predicted molar refractivity (Wildman–Crippen MR) is 105 cm³/mol. The molecule has 7 nitrogen and oxygen atoms in total. The number of hydrogen-bond acceptors (Lipinski definition) is 5. The fourth-order valence-corrected chi connectivity index (χ4v) is 3.77. The molecule has 1 unspecified atom stereocenters. The lowest BCUT2D eigenvalue weighted by atomic mass is 9.88. The van der Waals surface area contributed by atoms with E-state index in [-0.39, 0.29) is 17.6 Å². The quantitative estimate of drug-likeness (QED) is 0.771. The van der Waals surface area contributed by atoms with Crippen molar-refractivity contribution in [3.63, 3.8) is 0 Å². The maximum atomic E-state index is 12.8. The largest absolute Gasteiger partial charge is 0.490 e. The van der Waals surface area contributed by atoms with Crippen molar-refractivity contribution < 1.29 is 37.3 Å². The SMILES string of the molecule is COC1COC2(CCN(C(=O)c3ccc4ccccc4n3)CC2)C1.O=C(O)C(F)(F)F. The molecule has 1 N–H and O–H groups in total. The Bertz CT molecular complexity index is 942. The second-order valence-electron chi connectivity index (χ2n) is 7.54. The van der Waals surface area contributed by atoms with Crippen LogP contribution < -0.4 is 0 Å². The molecule has 10 heteroatoms. The fourth-order valence-electron chi connectivity index (χ4n) is 3.77. The third-order valence-corrected chi connectivity index (χ3v) is 5.53. The van der Waals surface area contributed by atoms with Crippen LogP contribution in [0.15, 0.2) is 36.4 Å². The molecule has 0 bridgehead atoms. The number of fused-ring (bicyclic) bond motifs is 1. The Morgan fingerprint density at radius 1 is 1.19 bits per heavy atom. The molecule has 1 atom stereocenters. The number of pyridine rings is 1. The van der Waals surface area contributed by atoms with E-state index < -0.39 is 12.1 Å². The summed E-state index contributed by atoms with van der Waals surface area (Å²) in [5.74, 6) is -2.75. The number of nitrogens with zero attached hydrogens (tertiary/aromatic N) is 2. The van der Waals surface area contributed by atoms with Gasteiger partial charge in [-0.1, -0.05) is 24.3 Å². The molecule has 1 aromatic carbocycles. The Hall–Kier alpha value is -2.72. The summed E-state index contributed by atoms with van der Waals surface area (Å²) in [6, 6.07) is 11.6. The number of alkyl halides is 3. The average Bonchev–Trinajstić information content (AvgIpc) is 3.16. The zero-order valence-electron chi connectivity index (χ0n) is 16.9. The van der Waals surface area contributed by atoms with Crippen molar-refractivity contribution in [1.29, 1.82) is 0 Å². The van der Waals surface area contributed by atoms with E-state index in [0.717, 1.165) is 30.2 Å². The summed E-state index contributed by atoms with van der Waals surface area (Å²) in [6.45, 7) is 2.09. The minimum atomic E-state index is -5.08. The first-order valence-corrected chi connectivity index (χ1v) is 9.75. The smallest absolute Gasteiger partial charge is 0.475 e. The standard InChI is InChI=1S/C19H22N2O3.C2HF3O2/c1-23-15-12-19(24-13-15)8-10-21(11-9-19)18(22)17-7-6-14-4-2-3-5-16(14)20-17;3-2(4,5)1(6)7/h2-7,15H,8-13H2,1H3;(H,6,7). The van der Waals surface area contributed by atoms with Gasteiger partial charge in [0.1, 0.15) is 5.69 Å². The summed E-state index contributed by atoms with van der Waals surface area (Å²) in [6.07, 6.45) is -2.23. The molecule has 2 aliphatic rings. The minimum Gasteiger partial charge on any atom is -0.475 e. The number of methoxy groups -OCH3 is 1. The first kappa shape index (κ1) is 23.0. The summed E-state index contributed by atoms with van der Waals surface area (Å²) in [4.78, 5) is 28.1. The molecule has 1 amide bonds. The number of amides is 1. The number of aliphatic carboxylic acids is 1. The van der Waals surface area contributed by atoms with E-state index in [0.29, 0.717) is 25.4 Å². The van der Waals surface area contributed by atoms with Crippen molar-refractivity contribution >= 4 is 22.8 Å². The van der Waals surface area contributed by atoms with Crippen molar-refractivity contribution in [2.75, 3.05) is 26.8 Å². The third-order valence-electron chi connectivity index (χ3n) is 5.53. The van der Waals surface area contributed by atoms with Crippen LogP contribution in [0.4, 0.5) is 13.2 Å². The van der Waals surface area contributed by atoms with Crippen LogP contribution >= 0.6 is 0 Å². The van der Waals surface area contributed by atoms with Crippen LogP contribution in [0, 0.1) is 0 Å². The van der Waals surface area contributed by atoms with Crippen LogP contribution in [-0.2, 0) is 14.3 Å². The van der Waals surface area contributed by atoms with Gasteiger partial charge in [0.25, 0.3) is 5.91 Å². The third kappa shape index (κ3) is 5.50. The molecule has 0 radical (unpaired) electrons. The molecule has 1 spiro atoms. The normalized spacial score (nSPS) is 20.4. The molecule has 2 saturated heterocycles. The maximum absolute atomic E-state index is 12.8. The second-order valence-corrected chi connectivity index (χ2v) is 7.54. The Labute approximate surface area is 176 Å². The van der Waals surface area contributed by atoms with Gasteiger partial charge in [-0.25, -0.2) is 9.78 Å². The molecule has 2 aromatic rings. The summed E-state index contributed by atoms with van der Waals surface area (Å²) in [5, 5.41) is 8.18. The van der Waals surface area contributed by atoms with Gasteiger partial charge in [-0.3, -0.25) is 4.79 Å². The number of ether oxygens (including phenoxy) is 2. The van der Waals surface area contributed by atoms with Gasteiger partial charge in [0, 0.05) is 32.0 Å². The number of carboxylic acids is 1. The Morgan fingerprint density at radius 3 is 2.42 bits per heavy atom. The van der Waals surface area contributed by atoms with Crippen molar-refractivity contribution in [1.82, 2.24) is 9.88 Å². The minimum absolute atomic E-state index is 0.0110. The van der Waals surface area contributed by atoms with Crippen molar-refractivity contribution in [3.8, 4) is 0 Å². The van der Waals surface area contributed by atoms with Gasteiger partial charge < -0.3 is 19.5 Å². The van der Waals surface area contributed by atoms with E-state index in [9.17, 15) is 18.0 Å². The molecule has 2 fully saturated rings. The van der Waals surface area contributed by atoms with Crippen molar-refractivity contribution in [2.24, 2.45) is 0 Å². The highest BCUT2D eigenvalue weighted by atomic mass is 19.4. The number of carbonyl (C=O) groups is 2. The number of rotatable bonds is 2. The highest BCUT2D eigenvalue weighted by molar-refractivity contribution is 5.95. The van der Waals surface area contributed by atoms with E-state index >= 15 is 0 Å². The monoisotopic (exact) mass is 440 g/mol. The van der Waals surface area contributed by atoms with Gasteiger partial charge in [-0.15, -0.1) is 0 Å². The molecular weight excluding hydrogens is 417 g/mol. The number of carboxylic acid groups (broad SMARTS) is 1. The van der Waals surface area contributed by atoms with Crippen LogP contribution in [0.1, 0.15) is 29.8 Å². The van der Waals surface area contributed by atoms with E-state index in [1.165, 1.54) is 0 Å². The molecule has 0 aliphatic carbocycles. The lowest BCUT2D eigenvalue weighted by Crippen LogP contribution is -2.46. The van der Waals surface area contributed by atoms with Gasteiger partial charge in [0.05, 0.1) is 23.8 Å². The zero-order valence-corrected chi connectivity index (χ0v) is 16.9. The first-order chi connectivity index (χ1) is 14.6. The van der Waals surface area contributed by atoms with E-state index in [2.05, 4.69) is 4.98 Å². The predicted octanol–water partition coefficient (Wildman–Crippen LogP) is 3.28. The molecule has 4 rings (SSSR count). The van der Waals surface area contributed by atoms with E-state index in [1.807, 2.05) is 41.3 Å². The van der Waals surface area contributed by atoms with Gasteiger partial charge in [-0.2, -0.15) is 13.2 Å². The lowest BCUT2D eigenvalue weighted by Gasteiger charge is -2.38. The summed E-state index contributed by atoms with van der Waals surface area (Å²) in [7, 11) is 1.73. The summed E-state index contributed by atoms with van der Waals surface area (Å²) >= 11 is 0. The van der Waals surface area contributed by atoms with Gasteiger partial charge in [0.15, 0.2) is 0 Å². The molecule has 3 heterocycles. The number of benzene rings is 1. The van der Waals surface area contributed by atoms with E-state index in [1.54, 1.807) is 7.11 Å². The molecular formula is C21H23F3N2O5. The number of aromatic nitrogens is 1. The van der Waals surface area contributed by atoms with Crippen LogP contribution in [-0.4, -0.2) is 71.6 Å². The number of halogens is 3. The highest BCUT2D eigenvalue weighted by Gasteiger charge is 2.43. The second kappa shape index (κ2) is 9.19. The van der Waals surface area contributed by atoms with Crippen molar-refractivity contribution in [2.45, 2.75) is 37.1 Å². The highest BCUT2D eigenvalue weighted by Crippen LogP contribution is 2.37. The molecule has 2 aliphatic heterocycles. The Morgan fingerprint density at radius 2 is 1.84 bits per heavy atom. The number of likely N-dealkylation sites (tertiary alicyclic amines) is 1. The maximum Gasteiger partial charge on any atom is 0.490 e. The molecule has 31 heavy (non-hydrogen) atoms. The average molecular weight is 440 g/mol. The summed E-state index contributed by atoms with van der Waals surface area (Å²) < 4.78 is 43.1. The van der Waals surface area contributed by atoms with Crippen LogP contribution in [0.3, 0.4) is 0 Å². The van der Waals surface area contributed by atoms with Gasteiger partial charge in [-0.05, 0) is 25.0 Å². The topological polar surface area (TPSA) is 89.0 Å². The Balaban J connectivity index is 0.000000339. The van der Waals surface area contributed by atoms with Gasteiger partial charge >= 0.3 is 12.1 Å². The van der Waals surface area contributed by atoms with Crippen LogP contribution in [0.25, 0.3) is 10.9 Å². The molecule has 1 aromatic heterocycles. The first-order valence-electron chi connectivity index (χ1n) is 9.75. The zero-order chi connectivity index (χ0) is 22.6. The summed E-state index contributed by atoms with van der Waals surface area (Å²) in [5.41, 5.74) is 1.28. The van der Waals surface area contributed by atoms with Crippen molar-refractivity contribution in [3.05, 3.63) is 42.1 Å². The van der Waals surface area contributed by atoms with Crippen LogP contribution in [0.5, 0.6) is 0 Å². The number of piperidine rings is 1. The van der Waals surface area contributed by atoms with E-state index in [4.69, 9.17) is 19.4 Å². The number of carbonyl (C=O) groups excluding carboxylic acids is 1. The van der Waals surface area contributed by atoms with Gasteiger partial charge in [0.2, 0.25) is 0 Å². The molecule has 0 saturated carbocycles. The lowest BCUT2D eigenvalue weighted by molar-refractivity contribution is -0.192. The number of para-hydroxylation sites is 1. The fraction of sp³-hybridized carbons (Fsp3) is 0.476. The van der Waals surface area contributed by atoms with Crippen LogP contribution in [0.2, 0.25) is 0 Å². The number of hydrogen-bond donors (Lipinski definition) is 1. The molecule has 168 valence electrons. The Kier molecular flexibility index (Phi) is 6.80.